The summed E-state index contributed by atoms with van der Waals surface area (Å²) in [5.41, 5.74) is 10.4. The van der Waals surface area contributed by atoms with Gasteiger partial charge in [-0.05, 0) is 50.5 Å². The summed E-state index contributed by atoms with van der Waals surface area (Å²) < 4.78 is 7.59. The predicted octanol–water partition coefficient (Wildman–Crippen LogP) is 4.76. The highest BCUT2D eigenvalue weighted by Crippen LogP contribution is 2.32. The molecule has 1 aromatic heterocycles. The SMILES string of the molecule is COc1cccc(-c2cc(C(N)=O)c(C)n2C(C)CCc2ccccc2)c1. The lowest BCUT2D eigenvalue weighted by molar-refractivity contribution is 0.0999. The van der Waals surface area contributed by atoms with Gasteiger partial charge in [0.2, 0.25) is 0 Å². The van der Waals surface area contributed by atoms with Crippen molar-refractivity contribution in [3.05, 3.63) is 77.5 Å². The van der Waals surface area contributed by atoms with E-state index in [9.17, 15) is 4.79 Å². The molecule has 4 heteroatoms. The van der Waals surface area contributed by atoms with Crippen LogP contribution in [0.3, 0.4) is 0 Å². The van der Waals surface area contributed by atoms with Crippen LogP contribution in [0.15, 0.2) is 60.7 Å². The van der Waals surface area contributed by atoms with Crippen LogP contribution in [0.4, 0.5) is 0 Å². The highest BCUT2D eigenvalue weighted by molar-refractivity contribution is 5.95. The first kappa shape index (κ1) is 18.8. The summed E-state index contributed by atoms with van der Waals surface area (Å²) in [6.45, 7) is 4.15. The van der Waals surface area contributed by atoms with E-state index in [4.69, 9.17) is 10.5 Å². The fourth-order valence-corrected chi connectivity index (χ4v) is 3.59. The summed E-state index contributed by atoms with van der Waals surface area (Å²) >= 11 is 0. The van der Waals surface area contributed by atoms with Crippen LogP contribution in [-0.4, -0.2) is 17.6 Å². The van der Waals surface area contributed by atoms with Gasteiger partial charge in [0.05, 0.1) is 12.7 Å². The van der Waals surface area contributed by atoms with E-state index in [1.807, 2.05) is 43.3 Å². The van der Waals surface area contributed by atoms with Gasteiger partial charge < -0.3 is 15.0 Å². The monoisotopic (exact) mass is 362 g/mol. The molecule has 3 rings (SSSR count). The predicted molar refractivity (Wildman–Crippen MR) is 109 cm³/mol. The van der Waals surface area contributed by atoms with Gasteiger partial charge in [0.25, 0.3) is 5.91 Å². The Bertz CT molecular complexity index is 929. The van der Waals surface area contributed by atoms with Crippen LogP contribution in [-0.2, 0) is 6.42 Å². The molecule has 0 aliphatic carbocycles. The molecule has 1 unspecified atom stereocenters. The lowest BCUT2D eigenvalue weighted by atomic mass is 10.1. The molecule has 2 aromatic carbocycles. The summed E-state index contributed by atoms with van der Waals surface area (Å²) in [5.74, 6) is 0.390. The minimum atomic E-state index is -0.398. The van der Waals surface area contributed by atoms with Crippen LogP contribution in [0.5, 0.6) is 5.75 Å². The van der Waals surface area contributed by atoms with E-state index in [0.29, 0.717) is 5.56 Å². The molecule has 0 saturated heterocycles. The second-order valence-corrected chi connectivity index (χ2v) is 6.87. The molecule has 140 valence electrons. The maximum Gasteiger partial charge on any atom is 0.250 e. The van der Waals surface area contributed by atoms with Crippen molar-refractivity contribution in [1.82, 2.24) is 4.57 Å². The van der Waals surface area contributed by atoms with Gasteiger partial charge in [-0.3, -0.25) is 4.79 Å². The Labute approximate surface area is 160 Å². The van der Waals surface area contributed by atoms with Gasteiger partial charge in [-0.2, -0.15) is 0 Å². The normalized spacial score (nSPS) is 12.0. The van der Waals surface area contributed by atoms with Gasteiger partial charge in [0.1, 0.15) is 5.75 Å². The molecule has 0 saturated carbocycles. The second kappa shape index (κ2) is 8.12. The van der Waals surface area contributed by atoms with Crippen LogP contribution < -0.4 is 10.5 Å². The molecular weight excluding hydrogens is 336 g/mol. The van der Waals surface area contributed by atoms with Crippen LogP contribution in [0, 0.1) is 6.92 Å². The summed E-state index contributed by atoms with van der Waals surface area (Å²) in [5, 5.41) is 0. The Hall–Kier alpha value is -3.01. The van der Waals surface area contributed by atoms with Crippen molar-refractivity contribution in [2.24, 2.45) is 5.73 Å². The van der Waals surface area contributed by atoms with Crippen molar-refractivity contribution in [2.75, 3.05) is 7.11 Å². The van der Waals surface area contributed by atoms with Crippen LogP contribution in [0.25, 0.3) is 11.3 Å². The molecule has 0 aliphatic rings. The van der Waals surface area contributed by atoms with E-state index in [1.54, 1.807) is 7.11 Å². The van der Waals surface area contributed by atoms with Crippen molar-refractivity contribution < 1.29 is 9.53 Å². The van der Waals surface area contributed by atoms with Crippen molar-refractivity contribution in [3.8, 4) is 17.0 Å². The number of carbonyl (C=O) groups is 1. The molecule has 0 spiro atoms. The Morgan fingerprint density at radius 2 is 1.85 bits per heavy atom. The van der Waals surface area contributed by atoms with E-state index in [2.05, 4.69) is 35.8 Å². The Kier molecular flexibility index (Phi) is 5.65. The number of nitrogens with two attached hydrogens (primary N) is 1. The molecule has 27 heavy (non-hydrogen) atoms. The zero-order valence-corrected chi connectivity index (χ0v) is 16.1. The molecule has 1 atom stereocenters. The van der Waals surface area contributed by atoms with Gasteiger partial charge in [-0.25, -0.2) is 0 Å². The van der Waals surface area contributed by atoms with Gasteiger partial charge in [-0.15, -0.1) is 0 Å². The molecule has 4 nitrogen and oxygen atoms in total. The number of carbonyl (C=O) groups excluding carboxylic acids is 1. The zero-order valence-electron chi connectivity index (χ0n) is 16.1. The first-order chi connectivity index (χ1) is 13.0. The average Bonchev–Trinajstić information content (AvgIpc) is 3.04. The summed E-state index contributed by atoms with van der Waals surface area (Å²) in [6.07, 6.45) is 1.94. The van der Waals surface area contributed by atoms with E-state index in [0.717, 1.165) is 35.5 Å². The number of primary amides is 1. The fraction of sp³-hybridized carbons (Fsp3) is 0.261. The van der Waals surface area contributed by atoms with Crippen molar-refractivity contribution in [1.29, 1.82) is 0 Å². The van der Waals surface area contributed by atoms with Crippen molar-refractivity contribution >= 4 is 5.91 Å². The molecular formula is C23H26N2O2. The average molecular weight is 362 g/mol. The molecule has 0 bridgehead atoms. The maximum atomic E-state index is 11.9. The lowest BCUT2D eigenvalue weighted by Gasteiger charge is -2.20. The molecule has 2 N–H and O–H groups in total. The maximum absolute atomic E-state index is 11.9. The van der Waals surface area contributed by atoms with Crippen LogP contribution >= 0.6 is 0 Å². The van der Waals surface area contributed by atoms with Crippen molar-refractivity contribution in [2.45, 2.75) is 32.7 Å². The number of rotatable bonds is 7. The van der Waals surface area contributed by atoms with E-state index in [-0.39, 0.29) is 6.04 Å². The third kappa shape index (κ3) is 4.05. The topological polar surface area (TPSA) is 57.2 Å². The fourth-order valence-electron chi connectivity index (χ4n) is 3.59. The Morgan fingerprint density at radius 1 is 1.11 bits per heavy atom. The molecule has 0 radical (unpaired) electrons. The standard InChI is InChI=1S/C23H26N2O2/c1-16(12-13-18-8-5-4-6-9-18)25-17(2)21(23(24)26)15-22(25)19-10-7-11-20(14-19)27-3/h4-11,14-16H,12-13H2,1-3H3,(H2,24,26). The van der Waals surface area contributed by atoms with Gasteiger partial charge in [0, 0.05) is 23.0 Å². The Morgan fingerprint density at radius 3 is 2.52 bits per heavy atom. The largest absolute Gasteiger partial charge is 0.497 e. The lowest BCUT2D eigenvalue weighted by Crippen LogP contribution is -2.14. The van der Waals surface area contributed by atoms with Crippen molar-refractivity contribution in [3.63, 3.8) is 0 Å². The third-order valence-corrected chi connectivity index (χ3v) is 5.06. The molecule has 0 aliphatic heterocycles. The number of nitrogens with zero attached hydrogens (tertiary/aromatic N) is 1. The molecule has 0 fully saturated rings. The van der Waals surface area contributed by atoms with E-state index in [1.165, 1.54) is 5.56 Å². The van der Waals surface area contributed by atoms with Crippen LogP contribution in [0.2, 0.25) is 0 Å². The molecule has 1 amide bonds. The van der Waals surface area contributed by atoms with Gasteiger partial charge in [0.15, 0.2) is 0 Å². The third-order valence-electron chi connectivity index (χ3n) is 5.06. The highest BCUT2D eigenvalue weighted by atomic mass is 16.5. The highest BCUT2D eigenvalue weighted by Gasteiger charge is 2.20. The molecule has 3 aromatic rings. The number of hydrogen-bond donors (Lipinski definition) is 1. The second-order valence-electron chi connectivity index (χ2n) is 6.87. The van der Waals surface area contributed by atoms with E-state index >= 15 is 0 Å². The number of aromatic nitrogens is 1. The number of benzene rings is 2. The Balaban J connectivity index is 1.98. The van der Waals surface area contributed by atoms with E-state index < -0.39 is 5.91 Å². The number of hydrogen-bond acceptors (Lipinski definition) is 2. The van der Waals surface area contributed by atoms with Gasteiger partial charge in [-0.1, -0.05) is 42.5 Å². The molecule has 1 heterocycles. The van der Waals surface area contributed by atoms with Gasteiger partial charge >= 0.3 is 0 Å². The first-order valence-corrected chi connectivity index (χ1v) is 9.21. The number of amides is 1. The number of methoxy groups -OCH3 is 1. The zero-order chi connectivity index (χ0) is 19.4. The number of aryl methyl sites for hydroxylation is 1. The summed E-state index contributed by atoms with van der Waals surface area (Å²) in [6, 6.07) is 20.5. The number of ether oxygens (including phenoxy) is 1. The summed E-state index contributed by atoms with van der Waals surface area (Å²) in [4.78, 5) is 11.9. The smallest absolute Gasteiger partial charge is 0.250 e. The summed E-state index contributed by atoms with van der Waals surface area (Å²) in [7, 11) is 1.65. The minimum Gasteiger partial charge on any atom is -0.497 e. The first-order valence-electron chi connectivity index (χ1n) is 9.21. The minimum absolute atomic E-state index is 0.222. The quantitative estimate of drug-likeness (QED) is 0.658. The van der Waals surface area contributed by atoms with Crippen LogP contribution in [0.1, 0.15) is 41.0 Å².